The number of imide groups is 1. The molecule has 0 aromatic rings. The molecule has 2 fully saturated rings. The van der Waals surface area contributed by atoms with E-state index in [1.54, 1.807) is 0 Å². The summed E-state index contributed by atoms with van der Waals surface area (Å²) in [5.41, 5.74) is 0. The van der Waals surface area contributed by atoms with Gasteiger partial charge in [0.1, 0.15) is 0 Å². The number of fused-ring (bicyclic) bond motifs is 1. The van der Waals surface area contributed by atoms with Crippen LogP contribution in [0.5, 0.6) is 0 Å². The fourth-order valence-electron chi connectivity index (χ4n) is 3.42. The molecule has 2 atom stereocenters. The van der Waals surface area contributed by atoms with E-state index in [2.05, 4.69) is 0 Å². The van der Waals surface area contributed by atoms with Crippen LogP contribution < -0.4 is 0 Å². The minimum absolute atomic E-state index is 0.0658. The topological polar surface area (TPSA) is 57.7 Å². The maximum Gasteiger partial charge on any atom is 0.233 e. The van der Waals surface area contributed by atoms with E-state index in [0.717, 1.165) is 25.9 Å². The van der Waals surface area contributed by atoms with Crippen molar-refractivity contribution in [1.82, 2.24) is 9.80 Å². The molecule has 108 valence electrons. The summed E-state index contributed by atoms with van der Waals surface area (Å²) in [5.74, 6) is -0.475. The lowest BCUT2D eigenvalue weighted by Gasteiger charge is -2.18. The number of allylic oxidation sites excluding steroid dienone is 2. The van der Waals surface area contributed by atoms with Crippen molar-refractivity contribution >= 4 is 17.7 Å². The Hall–Kier alpha value is -1.65. The van der Waals surface area contributed by atoms with Crippen LogP contribution in [0.15, 0.2) is 12.2 Å². The van der Waals surface area contributed by atoms with Crippen LogP contribution in [-0.4, -0.2) is 47.2 Å². The number of likely N-dealkylation sites (tertiary alicyclic amines) is 2. The molecule has 2 heterocycles. The van der Waals surface area contributed by atoms with Gasteiger partial charge in [0.2, 0.25) is 17.7 Å². The molecule has 0 saturated carbocycles. The first-order chi connectivity index (χ1) is 9.68. The Bertz CT molecular complexity index is 440. The number of hydrogen-bond donors (Lipinski definition) is 0. The van der Waals surface area contributed by atoms with Crippen LogP contribution in [0, 0.1) is 11.8 Å². The molecule has 0 bridgehead atoms. The van der Waals surface area contributed by atoms with Crippen molar-refractivity contribution in [3.05, 3.63) is 12.2 Å². The van der Waals surface area contributed by atoms with Crippen molar-refractivity contribution < 1.29 is 14.4 Å². The standard InChI is InChI=1S/C15H20N2O3/c18-13(16-8-3-4-9-16)7-10-17-14(19)11-5-1-2-6-12(11)15(17)20/h1-2,11-12H,3-10H2/t11-,12+. The molecule has 2 saturated heterocycles. The number of nitrogens with zero attached hydrogens (tertiary/aromatic N) is 2. The van der Waals surface area contributed by atoms with E-state index in [-0.39, 0.29) is 42.5 Å². The molecule has 1 aliphatic carbocycles. The molecular weight excluding hydrogens is 256 g/mol. The van der Waals surface area contributed by atoms with E-state index in [1.807, 2.05) is 17.1 Å². The molecule has 3 amide bonds. The van der Waals surface area contributed by atoms with Crippen LogP contribution in [0.1, 0.15) is 32.1 Å². The normalized spacial score (nSPS) is 29.2. The van der Waals surface area contributed by atoms with Gasteiger partial charge in [0.25, 0.3) is 0 Å². The fourth-order valence-corrected chi connectivity index (χ4v) is 3.42. The zero-order valence-electron chi connectivity index (χ0n) is 11.6. The average molecular weight is 276 g/mol. The van der Waals surface area contributed by atoms with E-state index in [9.17, 15) is 14.4 Å². The number of carbonyl (C=O) groups is 3. The molecule has 3 rings (SSSR count). The Balaban J connectivity index is 1.59. The van der Waals surface area contributed by atoms with Crippen molar-refractivity contribution in [2.45, 2.75) is 32.1 Å². The second kappa shape index (κ2) is 5.38. The second-order valence-corrected chi connectivity index (χ2v) is 5.82. The van der Waals surface area contributed by atoms with Gasteiger partial charge in [-0.1, -0.05) is 12.2 Å². The summed E-state index contributed by atoms with van der Waals surface area (Å²) in [6, 6.07) is 0. The summed E-state index contributed by atoms with van der Waals surface area (Å²) in [6.07, 6.45) is 7.66. The lowest BCUT2D eigenvalue weighted by Crippen LogP contribution is -2.36. The van der Waals surface area contributed by atoms with E-state index in [4.69, 9.17) is 0 Å². The van der Waals surface area contributed by atoms with Crippen LogP contribution in [-0.2, 0) is 14.4 Å². The first kappa shape index (κ1) is 13.3. The first-order valence-corrected chi connectivity index (χ1v) is 7.46. The Labute approximate surface area is 118 Å². The van der Waals surface area contributed by atoms with Gasteiger partial charge in [0.05, 0.1) is 11.8 Å². The summed E-state index contributed by atoms with van der Waals surface area (Å²) < 4.78 is 0. The summed E-state index contributed by atoms with van der Waals surface area (Å²) in [7, 11) is 0. The minimum Gasteiger partial charge on any atom is -0.343 e. The van der Waals surface area contributed by atoms with E-state index >= 15 is 0 Å². The molecule has 5 nitrogen and oxygen atoms in total. The predicted octanol–water partition coefficient (Wildman–Crippen LogP) is 0.950. The van der Waals surface area contributed by atoms with Crippen molar-refractivity contribution in [3.63, 3.8) is 0 Å². The molecule has 0 radical (unpaired) electrons. The molecule has 0 spiro atoms. The highest BCUT2D eigenvalue weighted by molar-refractivity contribution is 6.05. The quantitative estimate of drug-likeness (QED) is 0.569. The third-order valence-electron chi connectivity index (χ3n) is 4.61. The van der Waals surface area contributed by atoms with Crippen molar-refractivity contribution in [2.24, 2.45) is 11.8 Å². The Morgan fingerprint density at radius 2 is 1.60 bits per heavy atom. The maximum absolute atomic E-state index is 12.2. The highest BCUT2D eigenvalue weighted by Crippen LogP contribution is 2.35. The summed E-state index contributed by atoms with van der Waals surface area (Å²) >= 11 is 0. The molecule has 3 aliphatic rings. The number of amides is 3. The van der Waals surface area contributed by atoms with Gasteiger partial charge in [-0.3, -0.25) is 19.3 Å². The Kier molecular flexibility index (Phi) is 3.59. The molecule has 0 aromatic heterocycles. The largest absolute Gasteiger partial charge is 0.343 e. The predicted molar refractivity (Wildman–Crippen MR) is 72.5 cm³/mol. The second-order valence-electron chi connectivity index (χ2n) is 5.82. The molecular formula is C15H20N2O3. The lowest BCUT2D eigenvalue weighted by molar-refractivity contribution is -0.140. The van der Waals surface area contributed by atoms with Crippen molar-refractivity contribution in [1.29, 1.82) is 0 Å². The van der Waals surface area contributed by atoms with Gasteiger partial charge in [-0.25, -0.2) is 0 Å². The first-order valence-electron chi connectivity index (χ1n) is 7.46. The zero-order chi connectivity index (χ0) is 14.1. The molecule has 0 N–H and O–H groups in total. The van der Waals surface area contributed by atoms with Crippen LogP contribution in [0.25, 0.3) is 0 Å². The molecule has 5 heteroatoms. The van der Waals surface area contributed by atoms with Gasteiger partial charge in [-0.15, -0.1) is 0 Å². The van der Waals surface area contributed by atoms with Crippen LogP contribution in [0.4, 0.5) is 0 Å². The minimum atomic E-state index is -0.186. The van der Waals surface area contributed by atoms with Crippen molar-refractivity contribution in [3.8, 4) is 0 Å². The van der Waals surface area contributed by atoms with Gasteiger partial charge in [0, 0.05) is 26.1 Å². The van der Waals surface area contributed by atoms with Gasteiger partial charge in [-0.05, 0) is 25.7 Å². The van der Waals surface area contributed by atoms with Gasteiger partial charge in [-0.2, -0.15) is 0 Å². The van der Waals surface area contributed by atoms with Crippen molar-refractivity contribution in [2.75, 3.05) is 19.6 Å². The highest BCUT2D eigenvalue weighted by Gasteiger charge is 2.46. The monoisotopic (exact) mass is 276 g/mol. The number of hydrogen-bond acceptors (Lipinski definition) is 3. The molecule has 0 unspecified atom stereocenters. The van der Waals surface area contributed by atoms with Gasteiger partial charge in [0.15, 0.2) is 0 Å². The fraction of sp³-hybridized carbons (Fsp3) is 0.667. The van der Waals surface area contributed by atoms with E-state index in [0.29, 0.717) is 12.8 Å². The number of rotatable bonds is 3. The Morgan fingerprint density at radius 1 is 1.05 bits per heavy atom. The van der Waals surface area contributed by atoms with Crippen LogP contribution >= 0.6 is 0 Å². The lowest BCUT2D eigenvalue weighted by atomic mass is 9.85. The highest BCUT2D eigenvalue weighted by atomic mass is 16.2. The van der Waals surface area contributed by atoms with Crippen LogP contribution in [0.3, 0.4) is 0 Å². The van der Waals surface area contributed by atoms with Crippen LogP contribution in [0.2, 0.25) is 0 Å². The molecule has 0 aromatic carbocycles. The van der Waals surface area contributed by atoms with E-state index in [1.165, 1.54) is 4.90 Å². The summed E-state index contributed by atoms with van der Waals surface area (Å²) in [5, 5.41) is 0. The third kappa shape index (κ3) is 2.25. The zero-order valence-corrected chi connectivity index (χ0v) is 11.6. The summed E-state index contributed by atoms with van der Waals surface area (Å²) in [6.45, 7) is 1.88. The SMILES string of the molecule is O=C(CCN1C(=O)[C@H]2CC=CC[C@H]2C1=O)N1CCCC1. The van der Waals surface area contributed by atoms with E-state index < -0.39 is 0 Å². The molecule has 2 aliphatic heterocycles. The molecule has 20 heavy (non-hydrogen) atoms. The summed E-state index contributed by atoms with van der Waals surface area (Å²) in [4.78, 5) is 39.6. The van der Waals surface area contributed by atoms with Gasteiger partial charge >= 0.3 is 0 Å². The third-order valence-corrected chi connectivity index (χ3v) is 4.61. The average Bonchev–Trinajstić information content (AvgIpc) is 3.07. The Morgan fingerprint density at radius 3 is 2.15 bits per heavy atom. The number of carbonyl (C=O) groups excluding carboxylic acids is 3. The van der Waals surface area contributed by atoms with Gasteiger partial charge < -0.3 is 4.90 Å². The maximum atomic E-state index is 12.2. The smallest absolute Gasteiger partial charge is 0.233 e.